The SMILES string of the molecule is Fc1ccc2c(c1)C(Nc1ccc3nnc(C(F)(F)F)n3n1)CCC2. The van der Waals surface area contributed by atoms with E-state index >= 15 is 0 Å². The van der Waals surface area contributed by atoms with Crippen LogP contribution in [-0.4, -0.2) is 19.8 Å². The van der Waals surface area contributed by atoms with Gasteiger partial charge in [0.1, 0.15) is 11.6 Å². The molecule has 0 bridgehead atoms. The number of nitrogens with zero attached hydrogens (tertiary/aromatic N) is 4. The number of benzene rings is 1. The number of fused-ring (bicyclic) bond motifs is 2. The van der Waals surface area contributed by atoms with Gasteiger partial charge in [-0.05, 0) is 54.7 Å². The molecule has 0 spiro atoms. The van der Waals surface area contributed by atoms with Crippen molar-refractivity contribution in [3.8, 4) is 0 Å². The van der Waals surface area contributed by atoms with Gasteiger partial charge in [-0.15, -0.1) is 15.3 Å². The minimum atomic E-state index is -4.65. The van der Waals surface area contributed by atoms with Crippen molar-refractivity contribution in [3.63, 3.8) is 0 Å². The van der Waals surface area contributed by atoms with Crippen LogP contribution < -0.4 is 5.32 Å². The lowest BCUT2D eigenvalue weighted by Crippen LogP contribution is -2.19. The van der Waals surface area contributed by atoms with Crippen LogP contribution in [0.1, 0.15) is 35.8 Å². The van der Waals surface area contributed by atoms with E-state index in [4.69, 9.17) is 0 Å². The zero-order valence-electron chi connectivity index (χ0n) is 12.9. The summed E-state index contributed by atoms with van der Waals surface area (Å²) in [6.07, 6.45) is -2.15. The summed E-state index contributed by atoms with van der Waals surface area (Å²) in [7, 11) is 0. The predicted octanol–water partition coefficient (Wildman–Crippen LogP) is 3.77. The van der Waals surface area contributed by atoms with Gasteiger partial charge in [-0.2, -0.15) is 17.7 Å². The van der Waals surface area contributed by atoms with Crippen LogP contribution in [0.3, 0.4) is 0 Å². The van der Waals surface area contributed by atoms with Crippen LogP contribution in [0.5, 0.6) is 0 Å². The van der Waals surface area contributed by atoms with Gasteiger partial charge in [0.05, 0.1) is 6.04 Å². The fraction of sp³-hybridized carbons (Fsp3) is 0.312. The number of aryl methyl sites for hydroxylation is 1. The van der Waals surface area contributed by atoms with Crippen LogP contribution in [0.15, 0.2) is 30.3 Å². The monoisotopic (exact) mass is 351 g/mol. The van der Waals surface area contributed by atoms with Crippen molar-refractivity contribution in [1.82, 2.24) is 19.8 Å². The highest BCUT2D eigenvalue weighted by Gasteiger charge is 2.37. The summed E-state index contributed by atoms with van der Waals surface area (Å²) in [5.41, 5.74) is 1.85. The van der Waals surface area contributed by atoms with E-state index in [-0.39, 0.29) is 23.3 Å². The Labute approximate surface area is 139 Å². The van der Waals surface area contributed by atoms with Crippen LogP contribution in [-0.2, 0) is 12.6 Å². The van der Waals surface area contributed by atoms with Gasteiger partial charge in [-0.25, -0.2) is 4.39 Å². The molecular weight excluding hydrogens is 338 g/mol. The summed E-state index contributed by atoms with van der Waals surface area (Å²) in [5, 5.41) is 13.7. The molecule has 130 valence electrons. The third-order valence-electron chi connectivity index (χ3n) is 4.26. The Morgan fingerprint density at radius 3 is 2.76 bits per heavy atom. The van der Waals surface area contributed by atoms with E-state index in [1.165, 1.54) is 24.3 Å². The molecule has 2 aromatic heterocycles. The molecule has 1 unspecified atom stereocenters. The van der Waals surface area contributed by atoms with Gasteiger partial charge in [0.2, 0.25) is 0 Å². The number of aromatic nitrogens is 4. The number of alkyl halides is 3. The maximum absolute atomic E-state index is 13.6. The molecule has 1 atom stereocenters. The molecule has 1 aliphatic carbocycles. The first kappa shape index (κ1) is 15.8. The first-order chi connectivity index (χ1) is 11.9. The van der Waals surface area contributed by atoms with Crippen LogP contribution in [0.4, 0.5) is 23.4 Å². The summed E-state index contributed by atoms with van der Waals surface area (Å²) in [4.78, 5) is 0. The highest BCUT2D eigenvalue weighted by Crippen LogP contribution is 2.33. The molecule has 1 aromatic carbocycles. The van der Waals surface area contributed by atoms with E-state index in [9.17, 15) is 17.6 Å². The second-order valence-electron chi connectivity index (χ2n) is 5.94. The maximum Gasteiger partial charge on any atom is 0.453 e. The fourth-order valence-corrected chi connectivity index (χ4v) is 3.14. The average molecular weight is 351 g/mol. The lowest BCUT2D eigenvalue weighted by atomic mass is 9.87. The number of anilines is 1. The van der Waals surface area contributed by atoms with Gasteiger partial charge < -0.3 is 5.32 Å². The quantitative estimate of drug-likeness (QED) is 0.714. The predicted molar refractivity (Wildman–Crippen MR) is 81.5 cm³/mol. The normalized spacial score (nSPS) is 17.5. The van der Waals surface area contributed by atoms with E-state index in [2.05, 4.69) is 20.6 Å². The highest BCUT2D eigenvalue weighted by atomic mass is 19.4. The number of rotatable bonds is 2. The van der Waals surface area contributed by atoms with E-state index in [0.717, 1.165) is 30.4 Å². The topological polar surface area (TPSA) is 55.1 Å². The summed E-state index contributed by atoms with van der Waals surface area (Å²) in [6.45, 7) is 0. The summed E-state index contributed by atoms with van der Waals surface area (Å²) >= 11 is 0. The van der Waals surface area contributed by atoms with Crippen molar-refractivity contribution in [2.24, 2.45) is 0 Å². The first-order valence-corrected chi connectivity index (χ1v) is 7.76. The fourth-order valence-electron chi connectivity index (χ4n) is 3.14. The van der Waals surface area contributed by atoms with Crippen LogP contribution in [0, 0.1) is 5.82 Å². The summed E-state index contributed by atoms with van der Waals surface area (Å²) in [5.74, 6) is -1.27. The third kappa shape index (κ3) is 2.90. The van der Waals surface area contributed by atoms with E-state index in [1.54, 1.807) is 6.07 Å². The van der Waals surface area contributed by atoms with Crippen molar-refractivity contribution in [1.29, 1.82) is 0 Å². The van der Waals surface area contributed by atoms with Crippen molar-refractivity contribution in [2.75, 3.05) is 5.32 Å². The second-order valence-corrected chi connectivity index (χ2v) is 5.94. The lowest BCUT2D eigenvalue weighted by Gasteiger charge is -2.26. The molecule has 0 saturated heterocycles. The van der Waals surface area contributed by atoms with Crippen molar-refractivity contribution < 1.29 is 17.6 Å². The molecular formula is C16H13F4N5. The molecule has 2 heterocycles. The first-order valence-electron chi connectivity index (χ1n) is 7.76. The molecule has 0 fully saturated rings. The van der Waals surface area contributed by atoms with Gasteiger partial charge in [0.25, 0.3) is 5.82 Å². The zero-order chi connectivity index (χ0) is 17.6. The molecule has 0 amide bonds. The van der Waals surface area contributed by atoms with E-state index in [1.807, 2.05) is 0 Å². The second kappa shape index (κ2) is 5.68. The minimum Gasteiger partial charge on any atom is -0.362 e. The molecule has 4 rings (SSSR count). The van der Waals surface area contributed by atoms with Crippen molar-refractivity contribution in [3.05, 3.63) is 53.1 Å². The number of nitrogens with one attached hydrogen (secondary N) is 1. The Kier molecular flexibility index (Phi) is 3.59. The molecule has 1 N–H and O–H groups in total. The number of hydrogen-bond acceptors (Lipinski definition) is 4. The van der Waals surface area contributed by atoms with Crippen molar-refractivity contribution >= 4 is 11.5 Å². The Morgan fingerprint density at radius 2 is 1.96 bits per heavy atom. The Balaban J connectivity index is 1.69. The molecule has 0 radical (unpaired) electrons. The summed E-state index contributed by atoms with van der Waals surface area (Å²) in [6, 6.07) is 7.36. The average Bonchev–Trinajstić information content (AvgIpc) is 2.99. The van der Waals surface area contributed by atoms with Gasteiger partial charge in [0, 0.05) is 0 Å². The standard InChI is InChI=1S/C16H13F4N5/c17-10-5-4-9-2-1-3-12(11(9)8-10)21-13-6-7-14-22-23-15(16(18,19)20)25(14)24-13/h4-8,12H,1-3H2,(H,21,24). The molecule has 3 aromatic rings. The molecule has 0 aliphatic heterocycles. The Morgan fingerprint density at radius 1 is 1.12 bits per heavy atom. The molecule has 5 nitrogen and oxygen atoms in total. The van der Waals surface area contributed by atoms with Gasteiger partial charge in [-0.3, -0.25) is 0 Å². The Bertz CT molecular complexity index is 934. The number of halogens is 4. The molecule has 0 saturated carbocycles. The summed E-state index contributed by atoms with van der Waals surface area (Å²) < 4.78 is 53.1. The molecule has 1 aliphatic rings. The van der Waals surface area contributed by atoms with Gasteiger partial charge in [0.15, 0.2) is 5.65 Å². The van der Waals surface area contributed by atoms with E-state index in [0.29, 0.717) is 4.52 Å². The zero-order valence-corrected chi connectivity index (χ0v) is 12.9. The van der Waals surface area contributed by atoms with Crippen LogP contribution in [0.25, 0.3) is 5.65 Å². The lowest BCUT2D eigenvalue weighted by molar-refractivity contribution is -0.146. The number of hydrogen-bond donors (Lipinski definition) is 1. The molecule has 9 heteroatoms. The Hall–Kier alpha value is -2.71. The van der Waals surface area contributed by atoms with Gasteiger partial charge in [-0.1, -0.05) is 6.07 Å². The highest BCUT2D eigenvalue weighted by molar-refractivity contribution is 5.47. The van der Waals surface area contributed by atoms with Gasteiger partial charge >= 0.3 is 6.18 Å². The largest absolute Gasteiger partial charge is 0.453 e. The third-order valence-corrected chi connectivity index (χ3v) is 4.26. The van der Waals surface area contributed by atoms with Crippen LogP contribution >= 0.6 is 0 Å². The molecule has 25 heavy (non-hydrogen) atoms. The maximum atomic E-state index is 13.6. The van der Waals surface area contributed by atoms with E-state index < -0.39 is 12.0 Å². The minimum absolute atomic E-state index is 0.00737. The van der Waals surface area contributed by atoms with Crippen LogP contribution in [0.2, 0.25) is 0 Å². The smallest absolute Gasteiger partial charge is 0.362 e. The van der Waals surface area contributed by atoms with Crippen molar-refractivity contribution in [2.45, 2.75) is 31.5 Å².